The van der Waals surface area contributed by atoms with Crippen molar-refractivity contribution >= 4 is 5.95 Å². The molecule has 1 atom stereocenters. The van der Waals surface area contributed by atoms with Crippen LogP contribution in [0.5, 0.6) is 0 Å². The van der Waals surface area contributed by atoms with Crippen molar-refractivity contribution in [1.29, 1.82) is 0 Å². The first kappa shape index (κ1) is 14.7. The molecule has 24 heavy (non-hydrogen) atoms. The van der Waals surface area contributed by atoms with E-state index >= 15 is 0 Å². The number of imidazole rings is 1. The molecule has 3 aromatic rings. The van der Waals surface area contributed by atoms with Crippen LogP contribution in [0.2, 0.25) is 0 Å². The van der Waals surface area contributed by atoms with Crippen LogP contribution in [0, 0.1) is 13.8 Å². The molecular formula is C17H19N7. The molecule has 0 saturated carbocycles. The second-order valence-corrected chi connectivity index (χ2v) is 6.04. The van der Waals surface area contributed by atoms with Crippen LogP contribution in [-0.2, 0) is 0 Å². The minimum atomic E-state index is 0.122. The van der Waals surface area contributed by atoms with E-state index in [0.29, 0.717) is 0 Å². The smallest absolute Gasteiger partial charge is 0.226 e. The minimum Gasteiger partial charge on any atom is -0.332 e. The number of nitrogens with zero attached hydrogens (tertiary/aromatic N) is 7. The van der Waals surface area contributed by atoms with Gasteiger partial charge < -0.3 is 4.90 Å². The molecule has 0 unspecified atom stereocenters. The Balaban J connectivity index is 1.76. The molecule has 0 N–H and O–H groups in total. The molecule has 1 aliphatic rings. The van der Waals surface area contributed by atoms with Crippen LogP contribution >= 0.6 is 0 Å². The molecule has 0 aromatic carbocycles. The molecule has 0 amide bonds. The fraction of sp³-hybridized carbons (Fsp3) is 0.353. The van der Waals surface area contributed by atoms with Crippen LogP contribution in [0.25, 0.3) is 5.82 Å². The van der Waals surface area contributed by atoms with Crippen molar-refractivity contribution in [2.24, 2.45) is 0 Å². The van der Waals surface area contributed by atoms with E-state index < -0.39 is 0 Å². The fourth-order valence-electron chi connectivity index (χ4n) is 3.29. The number of anilines is 1. The number of hydrogen-bond donors (Lipinski definition) is 0. The third-order valence-corrected chi connectivity index (χ3v) is 4.25. The normalized spacial score (nSPS) is 17.4. The van der Waals surface area contributed by atoms with Gasteiger partial charge in [-0.25, -0.2) is 19.9 Å². The lowest BCUT2D eigenvalue weighted by Crippen LogP contribution is -2.27. The molecule has 122 valence electrons. The molecule has 0 aliphatic carbocycles. The Labute approximate surface area is 140 Å². The van der Waals surface area contributed by atoms with E-state index in [1.54, 1.807) is 24.9 Å². The number of aromatic nitrogens is 6. The molecule has 4 heterocycles. The van der Waals surface area contributed by atoms with Crippen molar-refractivity contribution in [2.75, 3.05) is 11.4 Å². The average molecular weight is 321 g/mol. The third-order valence-electron chi connectivity index (χ3n) is 4.25. The highest BCUT2D eigenvalue weighted by Crippen LogP contribution is 2.35. The average Bonchev–Trinajstić information content (AvgIpc) is 3.26. The highest BCUT2D eigenvalue weighted by Gasteiger charge is 2.31. The lowest BCUT2D eigenvalue weighted by Gasteiger charge is -2.25. The van der Waals surface area contributed by atoms with Crippen molar-refractivity contribution < 1.29 is 0 Å². The summed E-state index contributed by atoms with van der Waals surface area (Å²) in [5.74, 6) is 1.59. The summed E-state index contributed by atoms with van der Waals surface area (Å²) in [5, 5.41) is 0. The highest BCUT2D eigenvalue weighted by molar-refractivity contribution is 5.42. The van der Waals surface area contributed by atoms with Crippen LogP contribution < -0.4 is 4.90 Å². The Kier molecular flexibility index (Phi) is 3.68. The Morgan fingerprint density at radius 2 is 1.83 bits per heavy atom. The molecule has 0 spiro atoms. The Hall–Kier alpha value is -2.83. The second-order valence-electron chi connectivity index (χ2n) is 6.04. The summed E-state index contributed by atoms with van der Waals surface area (Å²) >= 11 is 0. The van der Waals surface area contributed by atoms with Gasteiger partial charge in [-0.3, -0.25) is 9.55 Å². The van der Waals surface area contributed by atoms with Gasteiger partial charge in [0.2, 0.25) is 5.95 Å². The molecule has 4 rings (SSSR count). The molecule has 0 radical (unpaired) electrons. The van der Waals surface area contributed by atoms with E-state index in [1.807, 2.05) is 30.7 Å². The van der Waals surface area contributed by atoms with Crippen molar-refractivity contribution in [2.45, 2.75) is 32.7 Å². The van der Waals surface area contributed by atoms with Gasteiger partial charge in [0.1, 0.15) is 12.0 Å². The predicted molar refractivity (Wildman–Crippen MR) is 90.0 cm³/mol. The summed E-state index contributed by atoms with van der Waals surface area (Å²) < 4.78 is 1.90. The molecule has 0 bridgehead atoms. The highest BCUT2D eigenvalue weighted by atomic mass is 15.3. The largest absolute Gasteiger partial charge is 0.332 e. The van der Waals surface area contributed by atoms with Crippen LogP contribution in [0.1, 0.15) is 36.0 Å². The van der Waals surface area contributed by atoms with Crippen LogP contribution in [0.4, 0.5) is 5.95 Å². The molecule has 7 heteroatoms. The molecule has 7 nitrogen and oxygen atoms in total. The Bertz CT molecular complexity index is 824. The second kappa shape index (κ2) is 5.99. The predicted octanol–water partition coefficient (Wildman–Crippen LogP) is 2.41. The van der Waals surface area contributed by atoms with Gasteiger partial charge in [-0.1, -0.05) is 0 Å². The third kappa shape index (κ3) is 2.62. The maximum Gasteiger partial charge on any atom is 0.226 e. The maximum atomic E-state index is 4.63. The summed E-state index contributed by atoms with van der Waals surface area (Å²) in [6.45, 7) is 4.93. The van der Waals surface area contributed by atoms with E-state index in [-0.39, 0.29) is 6.04 Å². The van der Waals surface area contributed by atoms with Gasteiger partial charge in [0.15, 0.2) is 5.82 Å². The van der Waals surface area contributed by atoms with Crippen molar-refractivity contribution in [3.8, 4) is 5.82 Å². The molecule has 1 aliphatic heterocycles. The first-order valence-corrected chi connectivity index (χ1v) is 8.10. The van der Waals surface area contributed by atoms with Crippen molar-refractivity contribution in [3.63, 3.8) is 0 Å². The van der Waals surface area contributed by atoms with Gasteiger partial charge in [-0.05, 0) is 32.8 Å². The lowest BCUT2D eigenvalue weighted by molar-refractivity contribution is 0.664. The monoisotopic (exact) mass is 321 g/mol. The van der Waals surface area contributed by atoms with Gasteiger partial charge >= 0.3 is 0 Å². The summed E-state index contributed by atoms with van der Waals surface area (Å²) in [5.41, 5.74) is 2.91. The minimum absolute atomic E-state index is 0.122. The van der Waals surface area contributed by atoms with E-state index in [9.17, 15) is 0 Å². The van der Waals surface area contributed by atoms with Crippen molar-refractivity contribution in [3.05, 3.63) is 54.3 Å². The summed E-state index contributed by atoms with van der Waals surface area (Å²) in [6, 6.07) is 2.12. The molecule has 1 fully saturated rings. The number of hydrogen-bond acceptors (Lipinski definition) is 6. The van der Waals surface area contributed by atoms with Gasteiger partial charge in [0.05, 0.1) is 6.04 Å². The Morgan fingerprint density at radius 1 is 1.04 bits per heavy atom. The van der Waals surface area contributed by atoms with Crippen LogP contribution in [0.15, 0.2) is 37.2 Å². The van der Waals surface area contributed by atoms with Crippen molar-refractivity contribution in [1.82, 2.24) is 29.5 Å². The van der Waals surface area contributed by atoms with Crippen LogP contribution in [0.3, 0.4) is 0 Å². The Morgan fingerprint density at radius 3 is 2.58 bits per heavy atom. The molecule has 3 aromatic heterocycles. The first-order chi connectivity index (χ1) is 11.7. The van der Waals surface area contributed by atoms with Gasteiger partial charge in [0.25, 0.3) is 0 Å². The summed E-state index contributed by atoms with van der Waals surface area (Å²) in [4.78, 5) is 24.8. The van der Waals surface area contributed by atoms with Gasteiger partial charge in [-0.15, -0.1) is 0 Å². The zero-order chi connectivity index (χ0) is 16.5. The zero-order valence-electron chi connectivity index (χ0n) is 13.8. The summed E-state index contributed by atoms with van der Waals surface area (Å²) in [7, 11) is 0. The van der Waals surface area contributed by atoms with E-state index in [1.165, 1.54) is 0 Å². The van der Waals surface area contributed by atoms with E-state index in [0.717, 1.165) is 48.2 Å². The van der Waals surface area contributed by atoms with Gasteiger partial charge in [0, 0.05) is 42.7 Å². The lowest BCUT2D eigenvalue weighted by atomic mass is 10.1. The van der Waals surface area contributed by atoms with Crippen LogP contribution in [-0.4, -0.2) is 36.0 Å². The van der Waals surface area contributed by atoms with E-state index in [2.05, 4.69) is 29.8 Å². The fourth-order valence-corrected chi connectivity index (χ4v) is 3.29. The van der Waals surface area contributed by atoms with E-state index in [4.69, 9.17) is 0 Å². The SMILES string of the molecule is Cc1cc(C)nc(N2CCC[C@H]2c2nccnc2-n2ccnc2)n1. The maximum absolute atomic E-state index is 4.63. The number of rotatable bonds is 3. The quantitative estimate of drug-likeness (QED) is 0.737. The summed E-state index contributed by atoms with van der Waals surface area (Å²) in [6.07, 6.45) is 10.9. The first-order valence-electron chi connectivity index (χ1n) is 8.10. The number of aryl methyl sites for hydroxylation is 2. The molecule has 1 saturated heterocycles. The molecular weight excluding hydrogens is 302 g/mol. The van der Waals surface area contributed by atoms with Gasteiger partial charge in [-0.2, -0.15) is 0 Å². The standard InChI is InChI=1S/C17H19N7/c1-12-10-13(2)22-17(21-12)24-8-3-4-14(24)15-16(20-6-5-19-15)23-9-7-18-11-23/h5-7,9-11,14H,3-4,8H2,1-2H3/t14-/m0/s1. The topological polar surface area (TPSA) is 72.6 Å². The zero-order valence-corrected chi connectivity index (χ0v) is 13.8.